The van der Waals surface area contributed by atoms with Gasteiger partial charge in [0.2, 0.25) is 0 Å². The first kappa shape index (κ1) is 13.7. The average Bonchev–Trinajstić information content (AvgIpc) is 2.37. The van der Waals surface area contributed by atoms with E-state index in [4.69, 9.17) is 4.74 Å². The predicted molar refractivity (Wildman–Crippen MR) is 65.6 cm³/mol. The molecule has 0 saturated heterocycles. The molecule has 0 aliphatic carbocycles. The molecule has 94 valence electrons. The van der Waals surface area contributed by atoms with E-state index in [2.05, 4.69) is 4.74 Å². The molecule has 4 nitrogen and oxygen atoms in total. The normalized spacial score (nSPS) is 10.5. The first-order chi connectivity index (χ1) is 8.26. The minimum Gasteiger partial charge on any atom is -0.468 e. The summed E-state index contributed by atoms with van der Waals surface area (Å²) in [7, 11) is 3.05. The zero-order valence-corrected chi connectivity index (χ0v) is 10.4. The summed E-state index contributed by atoms with van der Waals surface area (Å²) in [6, 6.07) is 10.0. The lowest BCUT2D eigenvalue weighted by atomic mass is 10.2. The molecule has 0 unspecified atom stereocenters. The van der Waals surface area contributed by atoms with Crippen LogP contribution in [0.3, 0.4) is 0 Å². The summed E-state index contributed by atoms with van der Waals surface area (Å²) >= 11 is 0. The van der Waals surface area contributed by atoms with Crippen molar-refractivity contribution in [3.63, 3.8) is 0 Å². The highest BCUT2D eigenvalue weighted by Gasteiger charge is 2.11. The molecule has 4 heteroatoms. The third-order valence-corrected chi connectivity index (χ3v) is 2.44. The molecule has 0 bridgehead atoms. The van der Waals surface area contributed by atoms with Gasteiger partial charge in [-0.3, -0.25) is 9.69 Å². The average molecular weight is 237 g/mol. The molecule has 17 heavy (non-hydrogen) atoms. The molecule has 0 N–H and O–H groups in total. The van der Waals surface area contributed by atoms with Crippen molar-refractivity contribution in [1.82, 2.24) is 4.90 Å². The molecule has 1 aromatic rings. The van der Waals surface area contributed by atoms with E-state index in [-0.39, 0.29) is 12.5 Å². The maximum Gasteiger partial charge on any atom is 0.319 e. The first-order valence-corrected chi connectivity index (χ1v) is 5.58. The number of carbonyl (C=O) groups is 1. The zero-order valence-electron chi connectivity index (χ0n) is 10.4. The van der Waals surface area contributed by atoms with E-state index in [1.54, 1.807) is 7.11 Å². The van der Waals surface area contributed by atoms with Gasteiger partial charge in [0.1, 0.15) is 0 Å². The van der Waals surface area contributed by atoms with E-state index in [9.17, 15) is 4.79 Å². The van der Waals surface area contributed by atoms with E-state index in [0.29, 0.717) is 13.2 Å². The Morgan fingerprint density at radius 3 is 2.53 bits per heavy atom. The van der Waals surface area contributed by atoms with Crippen LogP contribution in [0.15, 0.2) is 30.3 Å². The fourth-order valence-corrected chi connectivity index (χ4v) is 1.52. The van der Waals surface area contributed by atoms with Crippen LogP contribution < -0.4 is 0 Å². The lowest BCUT2D eigenvalue weighted by Crippen LogP contribution is -2.32. The van der Waals surface area contributed by atoms with Gasteiger partial charge in [0.05, 0.1) is 20.3 Å². The summed E-state index contributed by atoms with van der Waals surface area (Å²) in [6.45, 7) is 2.32. The van der Waals surface area contributed by atoms with Gasteiger partial charge in [-0.05, 0) is 5.56 Å². The van der Waals surface area contributed by atoms with E-state index in [1.165, 1.54) is 12.7 Å². The number of nitrogens with zero attached hydrogens (tertiary/aromatic N) is 1. The Kier molecular flexibility index (Phi) is 6.29. The summed E-state index contributed by atoms with van der Waals surface area (Å²) in [5.74, 6) is -0.225. The number of hydrogen-bond donors (Lipinski definition) is 0. The number of methoxy groups -OCH3 is 2. The Morgan fingerprint density at radius 1 is 1.24 bits per heavy atom. The molecule has 0 heterocycles. The van der Waals surface area contributed by atoms with E-state index in [1.807, 2.05) is 35.2 Å². The third-order valence-electron chi connectivity index (χ3n) is 2.44. The summed E-state index contributed by atoms with van der Waals surface area (Å²) in [4.78, 5) is 13.3. The van der Waals surface area contributed by atoms with Gasteiger partial charge in [0.25, 0.3) is 0 Å². The number of hydrogen-bond acceptors (Lipinski definition) is 4. The van der Waals surface area contributed by atoms with Crippen LogP contribution >= 0.6 is 0 Å². The Hall–Kier alpha value is -1.39. The van der Waals surface area contributed by atoms with Gasteiger partial charge in [0, 0.05) is 20.2 Å². The Labute approximate surface area is 102 Å². The standard InChI is InChI=1S/C13H19NO3/c1-16-9-8-14(11-13(15)17-2)10-12-6-4-3-5-7-12/h3-7H,8-11H2,1-2H3. The summed E-state index contributed by atoms with van der Waals surface area (Å²) in [5, 5.41) is 0. The number of carbonyl (C=O) groups excluding carboxylic acids is 1. The molecule has 1 aromatic carbocycles. The van der Waals surface area contributed by atoms with Gasteiger partial charge < -0.3 is 9.47 Å². The van der Waals surface area contributed by atoms with Crippen molar-refractivity contribution in [2.45, 2.75) is 6.54 Å². The third kappa shape index (κ3) is 5.47. The van der Waals surface area contributed by atoms with E-state index in [0.717, 1.165) is 6.54 Å². The largest absolute Gasteiger partial charge is 0.468 e. The number of benzene rings is 1. The van der Waals surface area contributed by atoms with Crippen LogP contribution in [0.2, 0.25) is 0 Å². The second-order valence-corrected chi connectivity index (χ2v) is 3.77. The maximum absolute atomic E-state index is 11.3. The second kappa shape index (κ2) is 7.81. The molecule has 0 amide bonds. The minimum absolute atomic E-state index is 0.225. The molecule has 0 atom stereocenters. The highest BCUT2D eigenvalue weighted by atomic mass is 16.5. The van der Waals surface area contributed by atoms with Gasteiger partial charge in [0.15, 0.2) is 0 Å². The lowest BCUT2D eigenvalue weighted by molar-refractivity contribution is -0.142. The van der Waals surface area contributed by atoms with E-state index < -0.39 is 0 Å². The first-order valence-electron chi connectivity index (χ1n) is 5.58. The van der Waals surface area contributed by atoms with Crippen molar-refractivity contribution in [3.05, 3.63) is 35.9 Å². The highest BCUT2D eigenvalue weighted by molar-refractivity contribution is 5.71. The van der Waals surface area contributed by atoms with Gasteiger partial charge in [-0.25, -0.2) is 0 Å². The van der Waals surface area contributed by atoms with Crippen LogP contribution in [0, 0.1) is 0 Å². The molecule has 0 radical (unpaired) electrons. The fraction of sp³-hybridized carbons (Fsp3) is 0.462. The van der Waals surface area contributed by atoms with Gasteiger partial charge in [-0.2, -0.15) is 0 Å². The van der Waals surface area contributed by atoms with E-state index >= 15 is 0 Å². The van der Waals surface area contributed by atoms with Crippen LogP contribution in [0.25, 0.3) is 0 Å². The van der Waals surface area contributed by atoms with Crippen LogP contribution in [0.1, 0.15) is 5.56 Å². The Morgan fingerprint density at radius 2 is 1.94 bits per heavy atom. The van der Waals surface area contributed by atoms with Crippen molar-refractivity contribution in [3.8, 4) is 0 Å². The molecule has 0 saturated carbocycles. The van der Waals surface area contributed by atoms with Crippen molar-refractivity contribution in [2.75, 3.05) is 33.9 Å². The topological polar surface area (TPSA) is 38.8 Å². The van der Waals surface area contributed by atoms with Crippen molar-refractivity contribution >= 4 is 5.97 Å². The van der Waals surface area contributed by atoms with Crippen LogP contribution in [-0.2, 0) is 20.8 Å². The van der Waals surface area contributed by atoms with Gasteiger partial charge in [-0.15, -0.1) is 0 Å². The smallest absolute Gasteiger partial charge is 0.319 e. The number of rotatable bonds is 7. The van der Waals surface area contributed by atoms with Crippen molar-refractivity contribution in [2.24, 2.45) is 0 Å². The molecule has 0 spiro atoms. The second-order valence-electron chi connectivity index (χ2n) is 3.77. The number of ether oxygens (including phenoxy) is 2. The molecule has 0 fully saturated rings. The van der Waals surface area contributed by atoms with Crippen molar-refractivity contribution in [1.29, 1.82) is 0 Å². The molecule has 0 aliphatic heterocycles. The maximum atomic E-state index is 11.3. The Bertz CT molecular complexity index is 327. The number of esters is 1. The van der Waals surface area contributed by atoms with Crippen molar-refractivity contribution < 1.29 is 14.3 Å². The summed E-state index contributed by atoms with van der Waals surface area (Å²) in [6.07, 6.45) is 0. The van der Waals surface area contributed by atoms with Gasteiger partial charge in [-0.1, -0.05) is 30.3 Å². The molecular formula is C13H19NO3. The zero-order chi connectivity index (χ0) is 12.5. The summed E-state index contributed by atoms with van der Waals surface area (Å²) < 4.78 is 9.71. The highest BCUT2D eigenvalue weighted by Crippen LogP contribution is 2.04. The molecule has 0 aliphatic rings. The monoisotopic (exact) mass is 237 g/mol. The minimum atomic E-state index is -0.225. The SMILES string of the molecule is COCCN(CC(=O)OC)Cc1ccccc1. The molecule has 0 aromatic heterocycles. The Balaban J connectivity index is 2.53. The lowest BCUT2D eigenvalue weighted by Gasteiger charge is -2.20. The van der Waals surface area contributed by atoms with Crippen LogP contribution in [0.4, 0.5) is 0 Å². The quantitative estimate of drug-likeness (QED) is 0.670. The summed E-state index contributed by atoms with van der Waals surface area (Å²) in [5.41, 5.74) is 1.17. The predicted octanol–water partition coefficient (Wildman–Crippen LogP) is 1.31. The molecule has 1 rings (SSSR count). The van der Waals surface area contributed by atoms with Gasteiger partial charge >= 0.3 is 5.97 Å². The fourth-order valence-electron chi connectivity index (χ4n) is 1.52. The molecular weight excluding hydrogens is 218 g/mol. The van der Waals surface area contributed by atoms with Crippen LogP contribution in [0.5, 0.6) is 0 Å². The van der Waals surface area contributed by atoms with Crippen LogP contribution in [-0.4, -0.2) is 44.8 Å².